The van der Waals surface area contributed by atoms with Gasteiger partial charge < -0.3 is 24.8 Å². The van der Waals surface area contributed by atoms with E-state index >= 15 is 0 Å². The van der Waals surface area contributed by atoms with Crippen molar-refractivity contribution < 1.29 is 9.53 Å². The molecular formula is C18H26Cl3N5O2. The Morgan fingerprint density at radius 1 is 1.43 bits per heavy atom. The van der Waals surface area contributed by atoms with Crippen molar-refractivity contribution in [3.8, 4) is 5.75 Å². The van der Waals surface area contributed by atoms with Crippen LogP contribution in [0.4, 0.5) is 5.69 Å². The Morgan fingerprint density at radius 3 is 2.89 bits per heavy atom. The molecule has 1 aliphatic rings. The molecule has 2 aromatic rings. The van der Waals surface area contributed by atoms with Crippen molar-refractivity contribution >= 4 is 48.0 Å². The molecule has 0 radical (unpaired) electrons. The van der Waals surface area contributed by atoms with Crippen LogP contribution in [-0.2, 0) is 11.8 Å². The molecule has 0 spiro atoms. The van der Waals surface area contributed by atoms with Crippen molar-refractivity contribution in [1.29, 1.82) is 0 Å². The molecule has 1 atom stereocenters. The van der Waals surface area contributed by atoms with E-state index in [4.69, 9.17) is 16.3 Å². The topological polar surface area (TPSA) is 71.4 Å². The third kappa shape index (κ3) is 5.67. The third-order valence-electron chi connectivity index (χ3n) is 4.54. The minimum atomic E-state index is -0.0445. The van der Waals surface area contributed by atoms with Gasteiger partial charge >= 0.3 is 0 Å². The van der Waals surface area contributed by atoms with Gasteiger partial charge in [-0.05, 0) is 18.2 Å². The number of imidazole rings is 1. The SMILES string of the molecule is COc1ccc(Cl)cc1NCCC(=O)N1CCNCC1c1nccn1C.Cl.Cl. The summed E-state index contributed by atoms with van der Waals surface area (Å²) in [6.45, 7) is 2.69. The molecule has 3 rings (SSSR count). The van der Waals surface area contributed by atoms with Gasteiger partial charge in [-0.15, -0.1) is 24.8 Å². The van der Waals surface area contributed by atoms with E-state index in [1.165, 1.54) is 0 Å². The first-order valence-electron chi connectivity index (χ1n) is 8.65. The molecule has 0 saturated carbocycles. The Kier molecular flexibility index (Phi) is 9.89. The second-order valence-electron chi connectivity index (χ2n) is 6.22. The average Bonchev–Trinajstić information content (AvgIpc) is 3.07. The molecule has 1 aromatic carbocycles. The Morgan fingerprint density at radius 2 is 2.21 bits per heavy atom. The second-order valence-corrected chi connectivity index (χ2v) is 6.66. The van der Waals surface area contributed by atoms with E-state index < -0.39 is 0 Å². The van der Waals surface area contributed by atoms with Gasteiger partial charge in [0.15, 0.2) is 0 Å². The molecule has 1 fully saturated rings. The smallest absolute Gasteiger partial charge is 0.225 e. The van der Waals surface area contributed by atoms with Gasteiger partial charge in [0.25, 0.3) is 0 Å². The molecule has 7 nitrogen and oxygen atoms in total. The Hall–Kier alpha value is -1.67. The number of ether oxygens (including phenoxy) is 1. The Labute approximate surface area is 182 Å². The van der Waals surface area contributed by atoms with Crippen molar-refractivity contribution in [1.82, 2.24) is 19.8 Å². The van der Waals surface area contributed by atoms with Crippen LogP contribution in [0.2, 0.25) is 5.02 Å². The highest BCUT2D eigenvalue weighted by Gasteiger charge is 2.29. The van der Waals surface area contributed by atoms with Gasteiger partial charge in [-0.1, -0.05) is 11.6 Å². The molecule has 1 amide bonds. The molecule has 0 bridgehead atoms. The summed E-state index contributed by atoms with van der Waals surface area (Å²) in [5.74, 6) is 1.71. The van der Waals surface area contributed by atoms with Crippen LogP contribution < -0.4 is 15.4 Å². The van der Waals surface area contributed by atoms with Crippen LogP contribution in [0.1, 0.15) is 18.3 Å². The maximum Gasteiger partial charge on any atom is 0.225 e. The van der Waals surface area contributed by atoms with E-state index in [0.29, 0.717) is 36.8 Å². The number of aryl methyl sites for hydroxylation is 1. The summed E-state index contributed by atoms with van der Waals surface area (Å²) in [5, 5.41) is 7.21. The van der Waals surface area contributed by atoms with Gasteiger partial charge in [0, 0.05) is 57.1 Å². The maximum absolute atomic E-state index is 12.8. The van der Waals surface area contributed by atoms with Crippen molar-refractivity contribution in [3.05, 3.63) is 41.4 Å². The largest absolute Gasteiger partial charge is 0.495 e. The van der Waals surface area contributed by atoms with Crippen LogP contribution in [0.25, 0.3) is 0 Å². The fraction of sp³-hybridized carbons (Fsp3) is 0.444. The Balaban J connectivity index is 0.00000196. The molecule has 0 aliphatic carbocycles. The normalized spacial score (nSPS) is 16.0. The number of carbonyl (C=O) groups excluding carboxylic acids is 1. The number of hydrogen-bond acceptors (Lipinski definition) is 5. The van der Waals surface area contributed by atoms with Crippen molar-refractivity contribution in [2.75, 3.05) is 38.6 Å². The summed E-state index contributed by atoms with van der Waals surface area (Å²) in [4.78, 5) is 19.1. The highest BCUT2D eigenvalue weighted by atomic mass is 35.5. The minimum Gasteiger partial charge on any atom is -0.495 e. The number of nitrogens with zero attached hydrogens (tertiary/aromatic N) is 3. The first-order chi connectivity index (χ1) is 12.6. The Bertz CT molecular complexity index is 771. The lowest BCUT2D eigenvalue weighted by Crippen LogP contribution is -2.49. The zero-order valence-electron chi connectivity index (χ0n) is 15.9. The number of nitrogens with one attached hydrogen (secondary N) is 2. The van der Waals surface area contributed by atoms with E-state index in [2.05, 4.69) is 15.6 Å². The van der Waals surface area contributed by atoms with E-state index in [-0.39, 0.29) is 36.8 Å². The summed E-state index contributed by atoms with van der Waals surface area (Å²) >= 11 is 6.04. The van der Waals surface area contributed by atoms with Crippen molar-refractivity contribution in [2.45, 2.75) is 12.5 Å². The molecule has 2 heterocycles. The number of amides is 1. The summed E-state index contributed by atoms with van der Waals surface area (Å²) in [7, 11) is 3.56. The fourth-order valence-electron chi connectivity index (χ4n) is 3.20. The third-order valence-corrected chi connectivity index (χ3v) is 4.77. The van der Waals surface area contributed by atoms with Crippen LogP contribution in [0.5, 0.6) is 5.75 Å². The van der Waals surface area contributed by atoms with Gasteiger partial charge in [-0.25, -0.2) is 4.98 Å². The standard InChI is InChI=1S/C18H24ClN5O2.2ClH/c1-23-9-8-22-18(23)15-12-20-7-10-24(15)17(25)5-6-21-14-11-13(19)3-4-16(14)26-2;;/h3-4,8-9,11,15,20-21H,5-7,10,12H2,1-2H3;2*1H. The number of carbonyl (C=O) groups is 1. The number of anilines is 1. The summed E-state index contributed by atoms with van der Waals surface area (Å²) in [5.41, 5.74) is 0.786. The van der Waals surface area contributed by atoms with Crippen molar-refractivity contribution in [2.24, 2.45) is 7.05 Å². The molecule has 10 heteroatoms. The lowest BCUT2D eigenvalue weighted by Gasteiger charge is -2.36. The van der Waals surface area contributed by atoms with Crippen molar-refractivity contribution in [3.63, 3.8) is 0 Å². The lowest BCUT2D eigenvalue weighted by molar-refractivity contribution is -0.134. The number of piperazine rings is 1. The van der Waals surface area contributed by atoms with Crippen LogP contribution in [0.3, 0.4) is 0 Å². The average molecular weight is 451 g/mol. The summed E-state index contributed by atoms with van der Waals surface area (Å²) < 4.78 is 7.28. The number of halogens is 3. The van der Waals surface area contributed by atoms with Gasteiger partial charge in [0.05, 0.1) is 12.8 Å². The van der Waals surface area contributed by atoms with E-state index in [9.17, 15) is 4.79 Å². The number of benzene rings is 1. The van der Waals surface area contributed by atoms with Crippen LogP contribution in [0.15, 0.2) is 30.6 Å². The molecule has 156 valence electrons. The lowest BCUT2D eigenvalue weighted by atomic mass is 10.1. The molecule has 2 N–H and O–H groups in total. The zero-order chi connectivity index (χ0) is 18.5. The van der Waals surface area contributed by atoms with Crippen LogP contribution in [-0.4, -0.2) is 53.6 Å². The first-order valence-corrected chi connectivity index (χ1v) is 9.02. The minimum absolute atomic E-state index is 0. The van der Waals surface area contributed by atoms with Crippen LogP contribution in [0, 0.1) is 0 Å². The van der Waals surface area contributed by atoms with E-state index in [0.717, 1.165) is 18.1 Å². The van der Waals surface area contributed by atoms with Gasteiger partial charge in [-0.3, -0.25) is 4.79 Å². The zero-order valence-corrected chi connectivity index (χ0v) is 18.2. The highest BCUT2D eigenvalue weighted by Crippen LogP contribution is 2.28. The van der Waals surface area contributed by atoms with Gasteiger partial charge in [0.2, 0.25) is 5.91 Å². The monoisotopic (exact) mass is 449 g/mol. The van der Waals surface area contributed by atoms with E-state index in [1.54, 1.807) is 31.5 Å². The molecule has 1 aromatic heterocycles. The predicted octanol–water partition coefficient (Wildman–Crippen LogP) is 2.90. The molecule has 1 aliphatic heterocycles. The molecule has 28 heavy (non-hydrogen) atoms. The molecule has 1 saturated heterocycles. The summed E-state index contributed by atoms with van der Waals surface area (Å²) in [6, 6.07) is 5.33. The van der Waals surface area contributed by atoms with Gasteiger partial charge in [0.1, 0.15) is 17.6 Å². The predicted molar refractivity (Wildman–Crippen MR) is 116 cm³/mol. The van der Waals surface area contributed by atoms with Gasteiger partial charge in [-0.2, -0.15) is 0 Å². The number of hydrogen-bond donors (Lipinski definition) is 2. The molecular weight excluding hydrogens is 425 g/mol. The quantitative estimate of drug-likeness (QED) is 0.708. The maximum atomic E-state index is 12.8. The number of rotatable bonds is 6. The fourth-order valence-corrected chi connectivity index (χ4v) is 3.37. The second kappa shape index (κ2) is 11.4. The first kappa shape index (κ1) is 24.4. The molecule has 1 unspecified atom stereocenters. The van der Waals surface area contributed by atoms with E-state index in [1.807, 2.05) is 22.7 Å². The van der Waals surface area contributed by atoms with Crippen LogP contribution >= 0.6 is 36.4 Å². The highest BCUT2D eigenvalue weighted by molar-refractivity contribution is 6.30. The number of methoxy groups -OCH3 is 1. The summed E-state index contributed by atoms with van der Waals surface area (Å²) in [6.07, 6.45) is 4.05. The number of aromatic nitrogens is 2.